The lowest BCUT2D eigenvalue weighted by Crippen LogP contribution is -2.69. The van der Waals surface area contributed by atoms with E-state index in [-0.39, 0.29) is 33.2 Å². The van der Waals surface area contributed by atoms with Crippen molar-refractivity contribution in [1.82, 2.24) is 5.32 Å². The second-order valence-electron chi connectivity index (χ2n) is 9.64. The maximum atomic E-state index is 14.6. The molecule has 0 spiro atoms. The number of rotatable bonds is 6. The highest BCUT2D eigenvalue weighted by Crippen LogP contribution is 2.45. The number of esters is 1. The summed E-state index contributed by atoms with van der Waals surface area (Å²) >= 11 is 0.990. The summed E-state index contributed by atoms with van der Waals surface area (Å²) in [7, 11) is 2.06. The molecule has 0 bridgehead atoms. The van der Waals surface area contributed by atoms with E-state index in [0.29, 0.717) is 18.4 Å². The number of anilines is 1. The summed E-state index contributed by atoms with van der Waals surface area (Å²) in [5, 5.41) is 13.6. The first-order valence-electron chi connectivity index (χ1n) is 11.2. The number of thiophene rings is 1. The largest absolute Gasteiger partial charge is 0.496 e. The Kier molecular flexibility index (Phi) is 7.60. The molecule has 0 saturated carbocycles. The minimum atomic E-state index is -5.33. The number of methoxy groups -OCH3 is 2. The van der Waals surface area contributed by atoms with E-state index in [4.69, 9.17) is 4.74 Å². The van der Waals surface area contributed by atoms with Gasteiger partial charge in [0.2, 0.25) is 0 Å². The molecule has 36 heavy (non-hydrogen) atoms. The van der Waals surface area contributed by atoms with Crippen molar-refractivity contribution in [3.05, 3.63) is 45.8 Å². The van der Waals surface area contributed by atoms with Crippen LogP contribution in [0, 0.1) is 22.7 Å². The van der Waals surface area contributed by atoms with E-state index in [9.17, 15) is 28.0 Å². The number of nitrogens with zero attached hydrogens (tertiary/aromatic N) is 1. The van der Waals surface area contributed by atoms with Crippen LogP contribution in [-0.4, -0.2) is 37.9 Å². The van der Waals surface area contributed by atoms with Crippen molar-refractivity contribution in [1.29, 1.82) is 5.26 Å². The van der Waals surface area contributed by atoms with Crippen molar-refractivity contribution in [2.75, 3.05) is 19.5 Å². The van der Waals surface area contributed by atoms with Crippen LogP contribution >= 0.6 is 11.3 Å². The Bertz CT molecular complexity index is 1200. The molecule has 2 aromatic rings. The van der Waals surface area contributed by atoms with Gasteiger partial charge in [0.05, 0.1) is 25.3 Å². The number of nitriles is 1. The summed E-state index contributed by atoms with van der Waals surface area (Å²) in [4.78, 5) is 26.5. The van der Waals surface area contributed by atoms with Crippen LogP contribution in [0.3, 0.4) is 0 Å². The molecule has 0 aliphatic heterocycles. The van der Waals surface area contributed by atoms with Crippen molar-refractivity contribution >= 4 is 28.2 Å². The maximum absolute atomic E-state index is 14.6. The Hall–Kier alpha value is -3.26. The van der Waals surface area contributed by atoms with E-state index < -0.39 is 23.7 Å². The van der Waals surface area contributed by atoms with Gasteiger partial charge in [-0.2, -0.15) is 18.4 Å². The van der Waals surface area contributed by atoms with Crippen molar-refractivity contribution in [2.45, 2.75) is 51.9 Å². The van der Waals surface area contributed by atoms with E-state index in [1.54, 1.807) is 11.4 Å². The zero-order chi connectivity index (χ0) is 26.9. The van der Waals surface area contributed by atoms with Gasteiger partial charge in [-0.1, -0.05) is 32.9 Å². The quantitative estimate of drug-likeness (QED) is 0.406. The predicted octanol–water partition coefficient (Wildman–Crippen LogP) is 5.05. The molecule has 1 aliphatic rings. The Morgan fingerprint density at radius 1 is 1.17 bits per heavy atom. The highest BCUT2D eigenvalue weighted by atomic mass is 32.1. The average molecular weight is 524 g/mol. The molecule has 0 saturated heterocycles. The molecule has 194 valence electrons. The lowest BCUT2D eigenvalue weighted by molar-refractivity contribution is -0.203. The number of benzene rings is 1. The monoisotopic (exact) mass is 523 g/mol. The third kappa shape index (κ3) is 5.00. The van der Waals surface area contributed by atoms with E-state index >= 15 is 0 Å². The van der Waals surface area contributed by atoms with Gasteiger partial charge >= 0.3 is 17.8 Å². The number of fused-ring (bicyclic) bond motifs is 1. The summed E-state index contributed by atoms with van der Waals surface area (Å²) in [5.41, 5.74) is -3.18. The molecule has 3 rings (SSSR count). The van der Waals surface area contributed by atoms with Crippen molar-refractivity contribution in [3.63, 3.8) is 0 Å². The van der Waals surface area contributed by atoms with Crippen LogP contribution in [0.5, 0.6) is 5.75 Å². The van der Waals surface area contributed by atoms with E-state index in [0.717, 1.165) is 29.7 Å². The molecule has 0 fully saturated rings. The Balaban J connectivity index is 2.09. The number of para-hydroxylation sites is 1. The second-order valence-corrected chi connectivity index (χ2v) is 10.7. The summed E-state index contributed by atoms with van der Waals surface area (Å²) in [6.07, 6.45) is -3.41. The molecule has 0 unspecified atom stereocenters. The number of hydrogen-bond acceptors (Lipinski definition) is 7. The van der Waals surface area contributed by atoms with Gasteiger partial charge in [-0.3, -0.25) is 4.79 Å². The van der Waals surface area contributed by atoms with E-state index in [1.165, 1.54) is 25.3 Å². The minimum absolute atomic E-state index is 0.0213. The smallest absolute Gasteiger partial charge is 0.441 e. The van der Waals surface area contributed by atoms with Gasteiger partial charge in [-0.15, -0.1) is 11.3 Å². The highest BCUT2D eigenvalue weighted by molar-refractivity contribution is 7.16. The number of ether oxygens (including phenoxy) is 2. The third-order valence-corrected chi connectivity index (χ3v) is 7.64. The van der Waals surface area contributed by atoms with E-state index in [1.807, 2.05) is 6.07 Å². The lowest BCUT2D eigenvalue weighted by Gasteiger charge is -2.34. The van der Waals surface area contributed by atoms with Crippen LogP contribution in [0.25, 0.3) is 0 Å². The van der Waals surface area contributed by atoms with Gasteiger partial charge in [0.1, 0.15) is 16.8 Å². The van der Waals surface area contributed by atoms with Crippen LogP contribution in [0.2, 0.25) is 0 Å². The first kappa shape index (κ1) is 27.3. The molecule has 7 nitrogen and oxygen atoms in total. The maximum Gasteiger partial charge on any atom is 0.441 e. The SMILES string of the molecule is COC(=O)[C@](NC(=O)c1ccccc1OC)(Nc1sc2c(c1C#N)CC[C@@H](C(C)(C)C)C2)C(F)(F)F. The van der Waals surface area contributed by atoms with Crippen molar-refractivity contribution < 1.29 is 32.2 Å². The Morgan fingerprint density at radius 3 is 2.39 bits per heavy atom. The first-order chi connectivity index (χ1) is 16.8. The Morgan fingerprint density at radius 2 is 1.83 bits per heavy atom. The molecule has 1 aliphatic carbocycles. The van der Waals surface area contributed by atoms with Gasteiger partial charge in [0, 0.05) is 4.88 Å². The molecule has 11 heteroatoms. The number of alkyl halides is 3. The molecule has 2 N–H and O–H groups in total. The summed E-state index contributed by atoms with van der Waals surface area (Å²) in [6.45, 7) is 6.29. The van der Waals surface area contributed by atoms with Crippen LogP contribution in [-0.2, 0) is 22.4 Å². The highest BCUT2D eigenvalue weighted by Gasteiger charge is 2.64. The fraction of sp³-hybridized carbons (Fsp3) is 0.480. The van der Waals surface area contributed by atoms with Gasteiger partial charge in [0.15, 0.2) is 0 Å². The molecule has 1 heterocycles. The summed E-state index contributed by atoms with van der Waals surface area (Å²) < 4.78 is 53.4. The van der Waals surface area contributed by atoms with Crippen LogP contribution in [0.1, 0.15) is 53.6 Å². The molecule has 2 atom stereocenters. The van der Waals surface area contributed by atoms with Crippen LogP contribution < -0.4 is 15.4 Å². The normalized spacial score (nSPS) is 17.2. The summed E-state index contributed by atoms with van der Waals surface area (Å²) in [5.74, 6) is -2.69. The number of carbonyl (C=O) groups excluding carboxylic acids is 2. The molecule has 1 aromatic heterocycles. The number of hydrogen-bond donors (Lipinski definition) is 2. The van der Waals surface area contributed by atoms with Crippen molar-refractivity contribution in [3.8, 4) is 11.8 Å². The molecule has 0 radical (unpaired) electrons. The van der Waals surface area contributed by atoms with Gasteiger partial charge in [0.25, 0.3) is 5.91 Å². The molecule has 1 amide bonds. The van der Waals surface area contributed by atoms with Crippen LogP contribution in [0.15, 0.2) is 24.3 Å². The fourth-order valence-electron chi connectivity index (χ4n) is 4.32. The lowest BCUT2D eigenvalue weighted by atomic mass is 9.72. The Labute approximate surface area is 211 Å². The predicted molar refractivity (Wildman–Crippen MR) is 129 cm³/mol. The number of carbonyl (C=O) groups is 2. The molecular weight excluding hydrogens is 495 g/mol. The first-order valence-corrected chi connectivity index (χ1v) is 12.0. The number of halogens is 3. The average Bonchev–Trinajstić information content (AvgIpc) is 3.17. The van der Waals surface area contributed by atoms with Gasteiger partial charge < -0.3 is 20.1 Å². The van der Waals surface area contributed by atoms with Crippen LogP contribution in [0.4, 0.5) is 18.2 Å². The fourth-order valence-corrected chi connectivity index (χ4v) is 5.65. The second kappa shape index (κ2) is 10.0. The minimum Gasteiger partial charge on any atom is -0.496 e. The molecule has 1 aromatic carbocycles. The van der Waals surface area contributed by atoms with Crippen molar-refractivity contribution in [2.24, 2.45) is 11.3 Å². The standard InChI is InChI=1S/C25H28F3N3O4S/c1-23(2,3)14-10-11-15-17(13-29)21(36-19(15)12-14)31-24(22(33)35-5,25(26,27)28)30-20(32)16-8-6-7-9-18(16)34-4/h6-9,14,31H,10-12H2,1-5H3,(H,30,32)/t14-,24+/m1/s1. The van der Waals surface area contributed by atoms with E-state index in [2.05, 4.69) is 30.8 Å². The zero-order valence-corrected chi connectivity index (χ0v) is 21.4. The number of amides is 1. The van der Waals surface area contributed by atoms with Gasteiger partial charge in [-0.05, 0) is 48.3 Å². The summed E-state index contributed by atoms with van der Waals surface area (Å²) in [6, 6.07) is 7.66. The number of nitrogens with one attached hydrogen (secondary N) is 2. The zero-order valence-electron chi connectivity index (χ0n) is 20.6. The molecular formula is C25H28F3N3O4S. The topological polar surface area (TPSA) is 100 Å². The van der Waals surface area contributed by atoms with Gasteiger partial charge in [-0.25, -0.2) is 4.79 Å². The third-order valence-electron chi connectivity index (χ3n) is 6.47.